The minimum atomic E-state index is -0.767. The van der Waals surface area contributed by atoms with Crippen LogP contribution in [-0.4, -0.2) is 28.3 Å². The van der Waals surface area contributed by atoms with Crippen molar-refractivity contribution in [1.29, 1.82) is 0 Å². The second-order valence-electron chi connectivity index (χ2n) is 4.78. The predicted molar refractivity (Wildman–Crippen MR) is 68.9 cm³/mol. The van der Waals surface area contributed by atoms with Crippen molar-refractivity contribution in [3.63, 3.8) is 0 Å². The van der Waals surface area contributed by atoms with Crippen LogP contribution in [0.4, 0.5) is 0 Å². The molecular weight excluding hydrogens is 254 g/mol. The fourth-order valence-electron chi connectivity index (χ4n) is 2.20. The Morgan fingerprint density at radius 2 is 2.06 bits per heavy atom. The summed E-state index contributed by atoms with van der Waals surface area (Å²) >= 11 is 5.73. The molecule has 1 amide bonds. The van der Waals surface area contributed by atoms with Crippen molar-refractivity contribution < 1.29 is 15.0 Å². The van der Waals surface area contributed by atoms with Gasteiger partial charge < -0.3 is 15.5 Å². The third-order valence-corrected chi connectivity index (χ3v) is 3.62. The number of aromatic hydroxyl groups is 1. The number of benzene rings is 1. The molecule has 1 saturated carbocycles. The molecule has 0 unspecified atom stereocenters. The van der Waals surface area contributed by atoms with Crippen molar-refractivity contribution in [2.75, 3.05) is 6.54 Å². The van der Waals surface area contributed by atoms with E-state index in [2.05, 4.69) is 5.32 Å². The lowest BCUT2D eigenvalue weighted by atomic mass is 10.0. The number of hydrogen-bond acceptors (Lipinski definition) is 3. The number of halogens is 1. The van der Waals surface area contributed by atoms with Crippen LogP contribution in [0.2, 0.25) is 5.02 Å². The highest BCUT2D eigenvalue weighted by molar-refractivity contribution is 6.32. The lowest BCUT2D eigenvalue weighted by Crippen LogP contribution is -2.40. The molecule has 0 aliphatic heterocycles. The standard InChI is InChI=1S/C13H16ClNO3/c14-10-7-9(3-4-11(10)16)12(17)15-8-13(18)5-1-2-6-13/h3-4,7,16,18H,1-2,5-6,8H2,(H,15,17). The maximum absolute atomic E-state index is 11.8. The van der Waals surface area contributed by atoms with Crippen LogP contribution in [-0.2, 0) is 0 Å². The van der Waals surface area contributed by atoms with Gasteiger partial charge in [0, 0.05) is 12.1 Å². The molecule has 3 N–H and O–H groups in total. The lowest BCUT2D eigenvalue weighted by molar-refractivity contribution is 0.0449. The minimum Gasteiger partial charge on any atom is -0.506 e. The molecule has 5 heteroatoms. The number of rotatable bonds is 3. The molecule has 18 heavy (non-hydrogen) atoms. The highest BCUT2D eigenvalue weighted by atomic mass is 35.5. The van der Waals surface area contributed by atoms with Crippen molar-refractivity contribution in [1.82, 2.24) is 5.32 Å². The van der Waals surface area contributed by atoms with Gasteiger partial charge in [0.15, 0.2) is 0 Å². The fraction of sp³-hybridized carbons (Fsp3) is 0.462. The third kappa shape index (κ3) is 2.94. The molecule has 1 aliphatic carbocycles. The number of phenols is 1. The molecule has 0 atom stereocenters. The highest BCUT2D eigenvalue weighted by Crippen LogP contribution is 2.29. The van der Waals surface area contributed by atoms with Gasteiger partial charge in [0.25, 0.3) is 5.91 Å². The quantitative estimate of drug-likeness (QED) is 0.787. The zero-order valence-electron chi connectivity index (χ0n) is 9.95. The van der Waals surface area contributed by atoms with Gasteiger partial charge >= 0.3 is 0 Å². The predicted octanol–water partition coefficient (Wildman–Crippen LogP) is 2.08. The molecule has 98 valence electrons. The SMILES string of the molecule is O=C(NCC1(O)CCCC1)c1ccc(O)c(Cl)c1. The van der Waals surface area contributed by atoms with Crippen LogP contribution < -0.4 is 5.32 Å². The molecule has 1 fully saturated rings. The average Bonchev–Trinajstić information content (AvgIpc) is 2.77. The summed E-state index contributed by atoms with van der Waals surface area (Å²) in [4.78, 5) is 11.8. The first-order valence-corrected chi connectivity index (χ1v) is 6.37. The Balaban J connectivity index is 1.97. The molecule has 1 aliphatic rings. The molecule has 4 nitrogen and oxygen atoms in total. The average molecular weight is 270 g/mol. The van der Waals surface area contributed by atoms with Gasteiger partial charge in [-0.25, -0.2) is 0 Å². The highest BCUT2D eigenvalue weighted by Gasteiger charge is 2.31. The lowest BCUT2D eigenvalue weighted by Gasteiger charge is -2.22. The number of aliphatic hydroxyl groups is 1. The number of phenolic OH excluding ortho intramolecular Hbond substituents is 1. The van der Waals surface area contributed by atoms with E-state index in [0.29, 0.717) is 5.56 Å². The van der Waals surface area contributed by atoms with E-state index < -0.39 is 5.60 Å². The zero-order chi connectivity index (χ0) is 13.2. The summed E-state index contributed by atoms with van der Waals surface area (Å²) in [5, 5.41) is 22.2. The number of nitrogens with one attached hydrogen (secondary N) is 1. The van der Waals surface area contributed by atoms with E-state index in [1.54, 1.807) is 0 Å². The van der Waals surface area contributed by atoms with Crippen molar-refractivity contribution in [2.45, 2.75) is 31.3 Å². The van der Waals surface area contributed by atoms with Crippen LogP contribution in [0, 0.1) is 0 Å². The Morgan fingerprint density at radius 3 is 2.67 bits per heavy atom. The van der Waals surface area contributed by atoms with Gasteiger partial charge in [-0.15, -0.1) is 0 Å². The van der Waals surface area contributed by atoms with Crippen molar-refractivity contribution in [3.8, 4) is 5.75 Å². The van der Waals surface area contributed by atoms with Crippen LogP contribution in [0.25, 0.3) is 0 Å². The second kappa shape index (κ2) is 5.16. The first-order chi connectivity index (χ1) is 8.50. The van der Waals surface area contributed by atoms with E-state index in [-0.39, 0.29) is 23.2 Å². The minimum absolute atomic E-state index is 0.0531. The number of carbonyl (C=O) groups is 1. The summed E-state index contributed by atoms with van der Waals surface area (Å²) in [5.41, 5.74) is -0.393. The van der Waals surface area contributed by atoms with E-state index in [1.165, 1.54) is 18.2 Å². The topological polar surface area (TPSA) is 69.6 Å². The fourth-order valence-corrected chi connectivity index (χ4v) is 2.39. The van der Waals surface area contributed by atoms with E-state index in [4.69, 9.17) is 11.6 Å². The third-order valence-electron chi connectivity index (χ3n) is 3.32. The van der Waals surface area contributed by atoms with E-state index in [0.717, 1.165) is 25.7 Å². The summed E-state index contributed by atoms with van der Waals surface area (Å²) < 4.78 is 0. The molecule has 0 bridgehead atoms. The normalized spacial score (nSPS) is 17.7. The van der Waals surface area contributed by atoms with Crippen LogP contribution in [0.3, 0.4) is 0 Å². The second-order valence-corrected chi connectivity index (χ2v) is 5.19. The van der Waals surface area contributed by atoms with Crippen LogP contribution in [0.1, 0.15) is 36.0 Å². The van der Waals surface area contributed by atoms with Crippen molar-refractivity contribution >= 4 is 17.5 Å². The molecule has 1 aromatic rings. The molecule has 0 heterocycles. The largest absolute Gasteiger partial charge is 0.506 e. The summed E-state index contributed by atoms with van der Waals surface area (Å²) in [6.07, 6.45) is 3.45. The Morgan fingerprint density at radius 1 is 1.39 bits per heavy atom. The Labute approximate surface area is 111 Å². The molecule has 0 spiro atoms. The molecule has 2 rings (SSSR count). The monoisotopic (exact) mass is 269 g/mol. The first kappa shape index (κ1) is 13.2. The summed E-state index contributed by atoms with van der Waals surface area (Å²) in [6, 6.07) is 4.28. The maximum atomic E-state index is 11.8. The van der Waals surface area contributed by atoms with Crippen LogP contribution >= 0.6 is 11.6 Å². The zero-order valence-corrected chi connectivity index (χ0v) is 10.7. The van der Waals surface area contributed by atoms with Gasteiger partial charge in [0.2, 0.25) is 0 Å². The van der Waals surface area contributed by atoms with Gasteiger partial charge in [-0.2, -0.15) is 0 Å². The van der Waals surface area contributed by atoms with Gasteiger partial charge in [-0.3, -0.25) is 4.79 Å². The van der Waals surface area contributed by atoms with Crippen LogP contribution in [0.15, 0.2) is 18.2 Å². The Kier molecular flexibility index (Phi) is 3.78. The van der Waals surface area contributed by atoms with Crippen molar-refractivity contribution in [3.05, 3.63) is 28.8 Å². The molecule has 1 aromatic carbocycles. The summed E-state index contributed by atoms with van der Waals surface area (Å²) in [7, 11) is 0. The number of hydrogen-bond donors (Lipinski definition) is 3. The van der Waals surface area contributed by atoms with E-state index in [1.807, 2.05) is 0 Å². The van der Waals surface area contributed by atoms with Gasteiger partial charge in [0.05, 0.1) is 10.6 Å². The maximum Gasteiger partial charge on any atom is 0.251 e. The summed E-state index contributed by atoms with van der Waals surface area (Å²) in [6.45, 7) is 0.254. The Bertz CT molecular complexity index is 456. The van der Waals surface area contributed by atoms with Gasteiger partial charge in [0.1, 0.15) is 5.75 Å². The van der Waals surface area contributed by atoms with E-state index >= 15 is 0 Å². The molecule has 0 saturated heterocycles. The number of carbonyl (C=O) groups excluding carboxylic acids is 1. The Hall–Kier alpha value is -1.26. The molecular formula is C13H16ClNO3. The smallest absolute Gasteiger partial charge is 0.251 e. The summed E-state index contributed by atoms with van der Waals surface area (Å²) in [5.74, 6) is -0.347. The first-order valence-electron chi connectivity index (χ1n) is 5.99. The number of amides is 1. The van der Waals surface area contributed by atoms with E-state index in [9.17, 15) is 15.0 Å². The van der Waals surface area contributed by atoms with Crippen LogP contribution in [0.5, 0.6) is 5.75 Å². The van der Waals surface area contributed by atoms with Gasteiger partial charge in [-0.05, 0) is 31.0 Å². The van der Waals surface area contributed by atoms with Crippen molar-refractivity contribution in [2.24, 2.45) is 0 Å². The molecule has 0 radical (unpaired) electrons. The molecule has 0 aromatic heterocycles. The van der Waals surface area contributed by atoms with Gasteiger partial charge in [-0.1, -0.05) is 24.4 Å².